The molecule has 0 spiro atoms. The summed E-state index contributed by atoms with van der Waals surface area (Å²) in [6.07, 6.45) is 2.19. The van der Waals surface area contributed by atoms with Gasteiger partial charge in [0, 0.05) is 21.8 Å². The minimum Gasteiger partial charge on any atom is -0.321 e. The average Bonchev–Trinajstić information content (AvgIpc) is 2.82. The van der Waals surface area contributed by atoms with Crippen molar-refractivity contribution in [1.82, 2.24) is 0 Å². The van der Waals surface area contributed by atoms with Crippen LogP contribution < -0.4 is 9.62 Å². The maximum absolute atomic E-state index is 13.9. The minimum atomic E-state index is -4.22. The highest BCUT2D eigenvalue weighted by Gasteiger charge is 2.41. The number of aryl methyl sites for hydroxylation is 2. The molecule has 4 rings (SSSR count). The van der Waals surface area contributed by atoms with Gasteiger partial charge >= 0.3 is 0 Å². The maximum Gasteiger partial charge on any atom is 0.270 e. The summed E-state index contributed by atoms with van der Waals surface area (Å²) in [7, 11) is -4.22. The predicted molar refractivity (Wildman–Crippen MR) is 140 cm³/mol. The number of amides is 1. The molecule has 1 aliphatic rings. The number of anilines is 2. The van der Waals surface area contributed by atoms with E-state index in [0.29, 0.717) is 39.5 Å². The summed E-state index contributed by atoms with van der Waals surface area (Å²) in [6, 6.07) is 19.7. The van der Waals surface area contributed by atoms with Gasteiger partial charge in [-0.25, -0.2) is 8.42 Å². The lowest BCUT2D eigenvalue weighted by Gasteiger charge is -2.33. The molecule has 1 aliphatic heterocycles. The molecule has 0 unspecified atom stereocenters. The molecular weight excluding hydrogens is 468 g/mol. The largest absolute Gasteiger partial charge is 0.321 e. The zero-order chi connectivity index (χ0) is 24.5. The number of fused-ring (bicyclic) bond motifs is 1. The summed E-state index contributed by atoms with van der Waals surface area (Å²) in [6.45, 7) is 7.60. The predicted octanol–water partition coefficient (Wildman–Crippen LogP) is 5.94. The van der Waals surface area contributed by atoms with E-state index in [1.165, 1.54) is 10.4 Å². The van der Waals surface area contributed by atoms with Crippen molar-refractivity contribution in [1.29, 1.82) is 0 Å². The van der Waals surface area contributed by atoms with Crippen LogP contribution in [0.5, 0.6) is 0 Å². The van der Waals surface area contributed by atoms with Crippen LogP contribution >= 0.6 is 11.6 Å². The molecule has 0 aromatic heterocycles. The topological polar surface area (TPSA) is 66.5 Å². The number of benzene rings is 3. The number of rotatable bonds is 6. The molecule has 0 aliphatic carbocycles. The van der Waals surface area contributed by atoms with Gasteiger partial charge in [0.15, 0.2) is 4.91 Å². The van der Waals surface area contributed by atoms with E-state index in [1.54, 1.807) is 42.5 Å². The summed E-state index contributed by atoms with van der Waals surface area (Å²) in [5.41, 5.74) is 4.35. The van der Waals surface area contributed by atoms with Gasteiger partial charge in [0.1, 0.15) is 0 Å². The standard InChI is InChI=1S/C27H25ClN2O3S/c1-4-16-30-23-15-14-21(28)17-22(23)24(20-11-7-6-8-12-20)26(34(30,32)33)27(31)29-25-18(3)10-9-13-19(25)5-2/h4,6-15,17H,1,5,16H2,2-3H3,(H,29,31). The zero-order valence-electron chi connectivity index (χ0n) is 19.0. The molecule has 1 N–H and O–H groups in total. The van der Waals surface area contributed by atoms with E-state index in [4.69, 9.17) is 11.6 Å². The van der Waals surface area contributed by atoms with E-state index in [0.717, 1.165) is 11.1 Å². The van der Waals surface area contributed by atoms with Crippen molar-refractivity contribution in [3.8, 4) is 0 Å². The zero-order valence-corrected chi connectivity index (χ0v) is 20.6. The van der Waals surface area contributed by atoms with E-state index in [1.807, 2.05) is 38.1 Å². The first-order chi connectivity index (χ1) is 16.3. The second-order valence-electron chi connectivity index (χ2n) is 7.97. The number of hydrogen-bond acceptors (Lipinski definition) is 3. The van der Waals surface area contributed by atoms with Crippen molar-refractivity contribution in [2.75, 3.05) is 16.2 Å². The van der Waals surface area contributed by atoms with Gasteiger partial charge in [-0.05, 0) is 48.2 Å². The van der Waals surface area contributed by atoms with Crippen LogP contribution in [0.2, 0.25) is 5.02 Å². The Kier molecular flexibility index (Phi) is 6.64. The van der Waals surface area contributed by atoms with Gasteiger partial charge in [-0.3, -0.25) is 9.10 Å². The fourth-order valence-electron chi connectivity index (χ4n) is 4.23. The van der Waals surface area contributed by atoms with Crippen molar-refractivity contribution in [2.45, 2.75) is 20.3 Å². The van der Waals surface area contributed by atoms with Crippen molar-refractivity contribution in [2.24, 2.45) is 0 Å². The van der Waals surface area contributed by atoms with E-state index < -0.39 is 15.9 Å². The normalized spacial score (nSPS) is 14.5. The maximum atomic E-state index is 13.9. The lowest BCUT2D eigenvalue weighted by molar-refractivity contribution is -0.112. The van der Waals surface area contributed by atoms with E-state index in [9.17, 15) is 13.2 Å². The van der Waals surface area contributed by atoms with E-state index >= 15 is 0 Å². The van der Waals surface area contributed by atoms with Crippen LogP contribution in [0, 0.1) is 6.92 Å². The van der Waals surface area contributed by atoms with Gasteiger partial charge in [0.05, 0.1) is 12.2 Å². The number of nitrogens with one attached hydrogen (secondary N) is 1. The molecular formula is C27H25ClN2O3S. The number of hydrogen-bond donors (Lipinski definition) is 1. The number of halogens is 1. The number of carbonyl (C=O) groups is 1. The number of carbonyl (C=O) groups excluding carboxylic acids is 1. The van der Waals surface area contributed by atoms with E-state index in [-0.39, 0.29) is 11.4 Å². The molecule has 0 atom stereocenters. The molecule has 5 nitrogen and oxygen atoms in total. The fourth-order valence-corrected chi connectivity index (χ4v) is 6.11. The molecule has 3 aromatic carbocycles. The summed E-state index contributed by atoms with van der Waals surface area (Å²) in [5, 5.41) is 3.34. The Morgan fingerprint density at radius 1 is 1.09 bits per heavy atom. The third kappa shape index (κ3) is 4.15. The number of para-hydroxylation sites is 1. The molecule has 0 radical (unpaired) electrons. The molecule has 0 fully saturated rings. The lowest BCUT2D eigenvalue weighted by atomic mass is 9.95. The van der Waals surface area contributed by atoms with Crippen molar-refractivity contribution >= 4 is 44.5 Å². The van der Waals surface area contributed by atoms with Crippen LogP contribution in [-0.2, 0) is 21.2 Å². The first kappa shape index (κ1) is 23.8. The van der Waals surface area contributed by atoms with Crippen molar-refractivity contribution in [3.05, 3.63) is 112 Å². The molecule has 1 heterocycles. The highest BCUT2D eigenvalue weighted by Crippen LogP contribution is 2.44. The van der Waals surface area contributed by atoms with Gasteiger partial charge in [-0.15, -0.1) is 6.58 Å². The Labute approximate surface area is 205 Å². The quantitative estimate of drug-likeness (QED) is 0.433. The van der Waals surface area contributed by atoms with E-state index in [2.05, 4.69) is 11.9 Å². The van der Waals surface area contributed by atoms with Crippen molar-refractivity contribution in [3.63, 3.8) is 0 Å². The minimum absolute atomic E-state index is 0.0143. The third-order valence-electron chi connectivity index (χ3n) is 5.81. The number of nitrogens with zero attached hydrogens (tertiary/aromatic N) is 1. The summed E-state index contributed by atoms with van der Waals surface area (Å²) in [4.78, 5) is 13.5. The second kappa shape index (κ2) is 9.49. The Hall–Kier alpha value is -3.35. The summed E-state index contributed by atoms with van der Waals surface area (Å²) < 4.78 is 29.1. The van der Waals surface area contributed by atoms with Crippen molar-refractivity contribution < 1.29 is 13.2 Å². The SMILES string of the molecule is C=CCN1c2ccc(Cl)cc2C(c2ccccc2)=C(C(=O)Nc2c(C)cccc2CC)S1(=O)=O. The lowest BCUT2D eigenvalue weighted by Crippen LogP contribution is -2.40. The molecule has 0 bridgehead atoms. The van der Waals surface area contributed by atoms with Gasteiger partial charge in [0.2, 0.25) is 0 Å². The van der Waals surface area contributed by atoms with Gasteiger partial charge in [-0.1, -0.05) is 73.1 Å². The Bertz CT molecular complexity index is 1410. The molecule has 174 valence electrons. The first-order valence-electron chi connectivity index (χ1n) is 10.9. The highest BCUT2D eigenvalue weighted by atomic mass is 35.5. The van der Waals surface area contributed by atoms with Gasteiger partial charge in [-0.2, -0.15) is 0 Å². The number of sulfonamides is 1. The van der Waals surface area contributed by atoms with Crippen LogP contribution in [-0.4, -0.2) is 20.9 Å². The highest BCUT2D eigenvalue weighted by molar-refractivity contribution is 7.97. The molecule has 3 aromatic rings. The molecule has 0 saturated carbocycles. The monoisotopic (exact) mass is 492 g/mol. The average molecular weight is 493 g/mol. The molecule has 0 saturated heterocycles. The van der Waals surface area contributed by atoms with Crippen LogP contribution in [0.4, 0.5) is 11.4 Å². The molecule has 34 heavy (non-hydrogen) atoms. The fraction of sp³-hybridized carbons (Fsp3) is 0.148. The second-order valence-corrected chi connectivity index (χ2v) is 10.2. The molecule has 7 heteroatoms. The van der Waals surface area contributed by atoms with Crippen LogP contribution in [0.15, 0.2) is 84.3 Å². The first-order valence-corrected chi connectivity index (χ1v) is 12.7. The summed E-state index contributed by atoms with van der Waals surface area (Å²) in [5.74, 6) is -0.692. The third-order valence-corrected chi connectivity index (χ3v) is 7.88. The van der Waals surface area contributed by atoms with Gasteiger partial charge < -0.3 is 5.32 Å². The Morgan fingerprint density at radius 3 is 2.50 bits per heavy atom. The van der Waals surface area contributed by atoms with Crippen LogP contribution in [0.1, 0.15) is 29.2 Å². The molecule has 1 amide bonds. The smallest absolute Gasteiger partial charge is 0.270 e. The Balaban J connectivity index is 2.02. The van der Waals surface area contributed by atoms with Crippen LogP contribution in [0.25, 0.3) is 5.57 Å². The van der Waals surface area contributed by atoms with Crippen LogP contribution in [0.3, 0.4) is 0 Å². The Morgan fingerprint density at radius 2 is 1.82 bits per heavy atom. The summed E-state index contributed by atoms with van der Waals surface area (Å²) >= 11 is 6.33. The van der Waals surface area contributed by atoms with Gasteiger partial charge in [0.25, 0.3) is 15.9 Å².